The average molecular weight is 397 g/mol. The normalized spacial score (nSPS) is 10.8. The van der Waals surface area contributed by atoms with Crippen molar-refractivity contribution >= 4 is 17.7 Å². The summed E-state index contributed by atoms with van der Waals surface area (Å²) in [5.74, 6) is 2.45. The first-order valence-electron chi connectivity index (χ1n) is 9.11. The van der Waals surface area contributed by atoms with E-state index in [0.29, 0.717) is 12.4 Å². The zero-order valence-corrected chi connectivity index (χ0v) is 17.1. The molecule has 28 heavy (non-hydrogen) atoms. The minimum absolute atomic E-state index is 0.0977. The number of carboxylic acids is 1. The van der Waals surface area contributed by atoms with Crippen molar-refractivity contribution < 1.29 is 19.1 Å². The summed E-state index contributed by atoms with van der Waals surface area (Å²) in [6.45, 7) is 6.44. The number of furan rings is 1. The van der Waals surface area contributed by atoms with Gasteiger partial charge in [0.15, 0.2) is 0 Å². The topological polar surface area (TPSA) is 59.7 Å². The zero-order valence-electron chi connectivity index (χ0n) is 16.3. The molecule has 0 aliphatic heterocycles. The largest absolute Gasteiger partial charge is 0.488 e. The molecule has 0 amide bonds. The maximum atomic E-state index is 10.7. The van der Waals surface area contributed by atoms with Crippen molar-refractivity contribution in [2.45, 2.75) is 33.1 Å². The number of benzene rings is 2. The van der Waals surface area contributed by atoms with E-state index < -0.39 is 5.97 Å². The van der Waals surface area contributed by atoms with E-state index in [1.54, 1.807) is 0 Å². The summed E-state index contributed by atoms with van der Waals surface area (Å²) in [7, 11) is 0. The average Bonchev–Trinajstić information content (AvgIpc) is 3.03. The summed E-state index contributed by atoms with van der Waals surface area (Å²) >= 11 is 1.39. The molecular weight excluding hydrogens is 372 g/mol. The summed E-state index contributed by atoms with van der Waals surface area (Å²) in [5.41, 5.74) is 5.41. The van der Waals surface area contributed by atoms with Gasteiger partial charge in [-0.25, -0.2) is 0 Å². The molecule has 1 N–H and O–H groups in total. The molecule has 0 saturated carbocycles. The van der Waals surface area contributed by atoms with E-state index in [-0.39, 0.29) is 5.75 Å². The Labute approximate surface area is 169 Å². The lowest BCUT2D eigenvalue weighted by Crippen LogP contribution is -2.01. The SMILES string of the molecule is Cc1ccc(-c2cc(COc3cccc(CSCC(=O)O)c3C)c(C)o2)cc1. The number of thioether (sulfide) groups is 1. The second kappa shape index (κ2) is 9.02. The third kappa shape index (κ3) is 4.98. The molecule has 0 fully saturated rings. The standard InChI is InChI=1S/C23H24O4S/c1-15-7-9-18(10-8-15)22-11-20(17(3)27-22)12-26-21-6-4-5-19(16(21)2)13-28-14-23(24)25/h4-11H,12-14H2,1-3H3,(H,24,25). The van der Waals surface area contributed by atoms with E-state index in [2.05, 4.69) is 31.2 Å². The van der Waals surface area contributed by atoms with Crippen molar-refractivity contribution in [1.29, 1.82) is 0 Å². The fraction of sp³-hybridized carbons (Fsp3) is 0.261. The van der Waals surface area contributed by atoms with Crippen LogP contribution in [0.15, 0.2) is 52.9 Å². The van der Waals surface area contributed by atoms with Crippen LogP contribution in [-0.2, 0) is 17.2 Å². The first-order chi connectivity index (χ1) is 13.4. The Morgan fingerprint density at radius 1 is 1.07 bits per heavy atom. The number of hydrogen-bond acceptors (Lipinski definition) is 4. The molecule has 1 heterocycles. The summed E-state index contributed by atoms with van der Waals surface area (Å²) in [4.78, 5) is 10.7. The molecule has 146 valence electrons. The van der Waals surface area contributed by atoms with E-state index in [1.165, 1.54) is 17.3 Å². The maximum absolute atomic E-state index is 10.7. The molecule has 0 radical (unpaired) electrons. The lowest BCUT2D eigenvalue weighted by atomic mass is 10.1. The first kappa shape index (κ1) is 20.1. The van der Waals surface area contributed by atoms with Crippen molar-refractivity contribution in [3.8, 4) is 17.1 Å². The van der Waals surface area contributed by atoms with Crippen LogP contribution in [0.2, 0.25) is 0 Å². The quantitative estimate of drug-likeness (QED) is 0.524. The highest BCUT2D eigenvalue weighted by Gasteiger charge is 2.12. The molecular formula is C23H24O4S. The van der Waals surface area contributed by atoms with E-state index in [0.717, 1.165) is 39.5 Å². The minimum Gasteiger partial charge on any atom is -0.488 e. The van der Waals surface area contributed by atoms with Crippen molar-refractivity contribution in [2.75, 3.05) is 5.75 Å². The summed E-state index contributed by atoms with van der Waals surface area (Å²) in [6.07, 6.45) is 0. The molecule has 5 heteroatoms. The fourth-order valence-corrected chi connectivity index (χ4v) is 3.71. The Morgan fingerprint density at radius 3 is 2.54 bits per heavy atom. The van der Waals surface area contributed by atoms with Gasteiger partial charge in [-0.2, -0.15) is 0 Å². The smallest absolute Gasteiger partial charge is 0.313 e. The number of rotatable bonds is 8. The highest BCUT2D eigenvalue weighted by molar-refractivity contribution is 7.99. The number of ether oxygens (including phenoxy) is 1. The van der Waals surface area contributed by atoms with Gasteiger partial charge in [0, 0.05) is 16.9 Å². The van der Waals surface area contributed by atoms with Crippen LogP contribution >= 0.6 is 11.8 Å². The van der Waals surface area contributed by atoms with Gasteiger partial charge < -0.3 is 14.3 Å². The number of aliphatic carboxylic acids is 1. The van der Waals surface area contributed by atoms with Crippen molar-refractivity contribution in [3.63, 3.8) is 0 Å². The molecule has 0 atom stereocenters. The summed E-state index contributed by atoms with van der Waals surface area (Å²) < 4.78 is 12.0. The van der Waals surface area contributed by atoms with Gasteiger partial charge in [0.1, 0.15) is 23.9 Å². The summed E-state index contributed by atoms with van der Waals surface area (Å²) in [6, 6.07) is 16.2. The molecule has 4 nitrogen and oxygen atoms in total. The number of carbonyl (C=O) groups is 1. The number of carboxylic acid groups (broad SMARTS) is 1. The lowest BCUT2D eigenvalue weighted by molar-refractivity contribution is -0.133. The van der Waals surface area contributed by atoms with Crippen LogP contribution in [0.4, 0.5) is 0 Å². The van der Waals surface area contributed by atoms with Crippen LogP contribution in [0.25, 0.3) is 11.3 Å². The molecule has 3 aromatic rings. The Kier molecular flexibility index (Phi) is 6.47. The third-order valence-electron chi connectivity index (χ3n) is 4.62. The molecule has 3 rings (SSSR count). The van der Waals surface area contributed by atoms with Gasteiger partial charge in [-0.3, -0.25) is 4.79 Å². The maximum Gasteiger partial charge on any atom is 0.313 e. The van der Waals surface area contributed by atoms with Crippen LogP contribution in [-0.4, -0.2) is 16.8 Å². The van der Waals surface area contributed by atoms with Crippen LogP contribution in [0.5, 0.6) is 5.75 Å². The van der Waals surface area contributed by atoms with Crippen LogP contribution in [0.1, 0.15) is 28.0 Å². The highest BCUT2D eigenvalue weighted by atomic mass is 32.2. The molecule has 0 unspecified atom stereocenters. The second-order valence-electron chi connectivity index (χ2n) is 6.77. The van der Waals surface area contributed by atoms with Crippen LogP contribution < -0.4 is 4.74 Å². The monoisotopic (exact) mass is 396 g/mol. The first-order valence-corrected chi connectivity index (χ1v) is 10.3. The van der Waals surface area contributed by atoms with E-state index >= 15 is 0 Å². The Hall–Kier alpha value is -2.66. The zero-order chi connectivity index (χ0) is 20.1. The van der Waals surface area contributed by atoms with Crippen LogP contribution in [0, 0.1) is 20.8 Å². The lowest BCUT2D eigenvalue weighted by Gasteiger charge is -2.12. The van der Waals surface area contributed by atoms with Crippen molar-refractivity contribution in [2.24, 2.45) is 0 Å². The van der Waals surface area contributed by atoms with E-state index in [4.69, 9.17) is 14.3 Å². The van der Waals surface area contributed by atoms with Gasteiger partial charge in [-0.1, -0.05) is 42.0 Å². The Bertz CT molecular complexity index is 957. The van der Waals surface area contributed by atoms with Gasteiger partial charge in [0.25, 0.3) is 0 Å². The molecule has 0 bridgehead atoms. The summed E-state index contributed by atoms with van der Waals surface area (Å²) in [5, 5.41) is 8.80. The molecule has 2 aromatic carbocycles. The van der Waals surface area contributed by atoms with Crippen molar-refractivity contribution in [1.82, 2.24) is 0 Å². The van der Waals surface area contributed by atoms with Gasteiger partial charge in [0.05, 0.1) is 5.75 Å². The number of hydrogen-bond donors (Lipinski definition) is 1. The highest BCUT2D eigenvalue weighted by Crippen LogP contribution is 2.29. The Morgan fingerprint density at radius 2 is 1.82 bits per heavy atom. The molecule has 1 aromatic heterocycles. The molecule has 0 saturated heterocycles. The van der Waals surface area contributed by atoms with E-state index in [1.807, 2.05) is 38.1 Å². The number of aryl methyl sites for hydroxylation is 2. The van der Waals surface area contributed by atoms with Gasteiger partial charge in [-0.15, -0.1) is 11.8 Å². The van der Waals surface area contributed by atoms with Crippen LogP contribution in [0.3, 0.4) is 0 Å². The van der Waals surface area contributed by atoms with Gasteiger partial charge in [0.2, 0.25) is 0 Å². The molecule has 0 aliphatic rings. The predicted octanol–water partition coefficient (Wildman–Crippen LogP) is 5.77. The fourth-order valence-electron chi connectivity index (χ4n) is 2.90. The second-order valence-corrected chi connectivity index (χ2v) is 7.76. The van der Waals surface area contributed by atoms with E-state index in [9.17, 15) is 4.79 Å². The van der Waals surface area contributed by atoms with Gasteiger partial charge >= 0.3 is 5.97 Å². The van der Waals surface area contributed by atoms with Crippen molar-refractivity contribution in [3.05, 3.63) is 76.5 Å². The molecule has 0 aliphatic carbocycles. The Balaban J connectivity index is 1.69. The van der Waals surface area contributed by atoms with Gasteiger partial charge in [-0.05, 0) is 44.0 Å². The minimum atomic E-state index is -0.796. The predicted molar refractivity (Wildman–Crippen MR) is 113 cm³/mol. The third-order valence-corrected chi connectivity index (χ3v) is 5.59. The molecule has 0 spiro atoms.